The molecule has 0 radical (unpaired) electrons. The maximum absolute atomic E-state index is 12.3. The molecule has 1 saturated heterocycles. The van der Waals surface area contributed by atoms with Crippen molar-refractivity contribution >= 4 is 11.8 Å². The average molecular weight is 268 g/mol. The van der Waals surface area contributed by atoms with E-state index < -0.39 is 6.10 Å². The molecule has 2 fully saturated rings. The minimum Gasteiger partial charge on any atom is -0.391 e. The molecule has 0 aromatic heterocycles. The highest BCUT2D eigenvalue weighted by atomic mass is 16.3. The largest absolute Gasteiger partial charge is 0.391 e. The minimum atomic E-state index is -0.410. The fraction of sp³-hybridized carbons (Fsp3) is 0.857. The topological polar surface area (TPSA) is 60.9 Å². The second kappa shape index (κ2) is 5.49. The van der Waals surface area contributed by atoms with Gasteiger partial charge in [-0.15, -0.1) is 0 Å². The molecule has 1 aliphatic heterocycles. The van der Waals surface area contributed by atoms with Crippen molar-refractivity contribution < 1.29 is 14.7 Å². The number of aliphatic hydroxyl groups excluding tert-OH is 1. The maximum atomic E-state index is 12.3. The van der Waals surface area contributed by atoms with E-state index in [0.29, 0.717) is 25.4 Å². The number of hydrogen-bond acceptors (Lipinski definition) is 3. The molecule has 5 nitrogen and oxygen atoms in total. The molecular weight excluding hydrogens is 244 g/mol. The fourth-order valence-electron chi connectivity index (χ4n) is 2.71. The number of aliphatic hydroxyl groups is 1. The van der Waals surface area contributed by atoms with E-state index >= 15 is 0 Å². The molecule has 19 heavy (non-hydrogen) atoms. The molecule has 1 heterocycles. The van der Waals surface area contributed by atoms with Crippen molar-refractivity contribution in [2.24, 2.45) is 11.8 Å². The van der Waals surface area contributed by atoms with E-state index in [1.165, 1.54) is 0 Å². The Morgan fingerprint density at radius 1 is 1.47 bits per heavy atom. The van der Waals surface area contributed by atoms with E-state index in [0.717, 1.165) is 12.8 Å². The van der Waals surface area contributed by atoms with Gasteiger partial charge in [0.1, 0.15) is 0 Å². The summed E-state index contributed by atoms with van der Waals surface area (Å²) in [7, 11) is 1.72. The molecule has 0 bridgehead atoms. The van der Waals surface area contributed by atoms with Crippen LogP contribution < -0.4 is 0 Å². The predicted octanol–water partition coefficient (Wildman–Crippen LogP) is 0.473. The molecule has 108 valence electrons. The molecule has 1 N–H and O–H groups in total. The van der Waals surface area contributed by atoms with Crippen LogP contribution in [0, 0.1) is 11.8 Å². The number of carbonyl (C=O) groups excluding carboxylic acids is 2. The summed E-state index contributed by atoms with van der Waals surface area (Å²) in [5.74, 6) is 0.166. The van der Waals surface area contributed by atoms with Crippen LogP contribution in [-0.2, 0) is 9.59 Å². The van der Waals surface area contributed by atoms with Crippen molar-refractivity contribution in [1.29, 1.82) is 0 Å². The number of nitrogens with zero attached hydrogens (tertiary/aromatic N) is 2. The van der Waals surface area contributed by atoms with Crippen molar-refractivity contribution in [3.05, 3.63) is 0 Å². The van der Waals surface area contributed by atoms with Crippen LogP contribution in [0.4, 0.5) is 0 Å². The van der Waals surface area contributed by atoms with Gasteiger partial charge in [-0.25, -0.2) is 0 Å². The van der Waals surface area contributed by atoms with E-state index in [2.05, 4.69) is 0 Å². The van der Waals surface area contributed by atoms with Gasteiger partial charge in [-0.3, -0.25) is 9.59 Å². The summed E-state index contributed by atoms with van der Waals surface area (Å²) < 4.78 is 0. The van der Waals surface area contributed by atoms with Gasteiger partial charge in [-0.1, -0.05) is 0 Å². The third-order valence-electron chi connectivity index (χ3n) is 4.13. The Balaban J connectivity index is 1.87. The molecule has 2 rings (SSSR count). The summed E-state index contributed by atoms with van der Waals surface area (Å²) in [6.45, 7) is 4.83. The van der Waals surface area contributed by atoms with E-state index in [1.54, 1.807) is 16.8 Å². The number of rotatable bonds is 5. The Kier molecular flexibility index (Phi) is 4.13. The molecule has 5 heteroatoms. The van der Waals surface area contributed by atoms with Crippen molar-refractivity contribution in [2.75, 3.05) is 20.1 Å². The summed E-state index contributed by atoms with van der Waals surface area (Å²) in [6.07, 6.45) is 2.02. The molecule has 1 aliphatic carbocycles. The first-order chi connectivity index (χ1) is 8.90. The molecule has 0 aromatic carbocycles. The van der Waals surface area contributed by atoms with Crippen LogP contribution in [-0.4, -0.2) is 59.0 Å². The van der Waals surface area contributed by atoms with Gasteiger partial charge in [0.2, 0.25) is 11.8 Å². The van der Waals surface area contributed by atoms with Gasteiger partial charge >= 0.3 is 0 Å². The zero-order valence-electron chi connectivity index (χ0n) is 12.0. The first-order valence-electron chi connectivity index (χ1n) is 7.12. The van der Waals surface area contributed by atoms with Gasteiger partial charge in [-0.2, -0.15) is 0 Å². The molecule has 2 atom stereocenters. The van der Waals surface area contributed by atoms with Gasteiger partial charge in [0.15, 0.2) is 0 Å². The van der Waals surface area contributed by atoms with Gasteiger partial charge in [0, 0.05) is 32.6 Å². The van der Waals surface area contributed by atoms with Crippen LogP contribution in [0.25, 0.3) is 0 Å². The summed E-state index contributed by atoms with van der Waals surface area (Å²) in [5.41, 5.74) is 0. The van der Waals surface area contributed by atoms with Crippen LogP contribution >= 0.6 is 0 Å². The Hall–Kier alpha value is -1.10. The number of carbonyl (C=O) groups is 2. The van der Waals surface area contributed by atoms with Crippen molar-refractivity contribution in [3.8, 4) is 0 Å². The smallest absolute Gasteiger partial charge is 0.227 e. The third-order valence-corrected chi connectivity index (χ3v) is 4.13. The molecule has 2 unspecified atom stereocenters. The number of likely N-dealkylation sites (N-methyl/N-ethyl adjacent to an activating group) is 1. The lowest BCUT2D eigenvalue weighted by Gasteiger charge is -2.24. The van der Waals surface area contributed by atoms with Crippen molar-refractivity contribution in [1.82, 2.24) is 9.80 Å². The highest BCUT2D eigenvalue weighted by Crippen LogP contribution is 2.33. The van der Waals surface area contributed by atoms with E-state index in [-0.39, 0.29) is 23.8 Å². The summed E-state index contributed by atoms with van der Waals surface area (Å²) >= 11 is 0. The summed E-state index contributed by atoms with van der Waals surface area (Å²) in [4.78, 5) is 27.4. The zero-order valence-corrected chi connectivity index (χ0v) is 12.0. The Morgan fingerprint density at radius 3 is 2.58 bits per heavy atom. The zero-order chi connectivity index (χ0) is 14.2. The van der Waals surface area contributed by atoms with Crippen LogP contribution in [0.3, 0.4) is 0 Å². The lowest BCUT2D eigenvalue weighted by atomic mass is 10.1. The third kappa shape index (κ3) is 3.26. The number of amides is 2. The van der Waals surface area contributed by atoms with Crippen LogP contribution in [0.5, 0.6) is 0 Å². The van der Waals surface area contributed by atoms with Gasteiger partial charge in [-0.05, 0) is 32.6 Å². The molecule has 0 aromatic rings. The second-order valence-electron chi connectivity index (χ2n) is 6.16. The Morgan fingerprint density at radius 2 is 2.11 bits per heavy atom. The van der Waals surface area contributed by atoms with Gasteiger partial charge < -0.3 is 14.9 Å². The average Bonchev–Trinajstić information content (AvgIpc) is 3.11. The molecule has 0 spiro atoms. The van der Waals surface area contributed by atoms with Crippen molar-refractivity contribution in [2.45, 2.75) is 45.3 Å². The standard InChI is InChI=1S/C14H24N2O3/c1-9(2)16-7-11(6-13(16)18)14(19)15(3)8-12(17)10-4-5-10/h9-12,17H,4-8H2,1-3H3. The minimum absolute atomic E-state index is 0.0174. The fourth-order valence-corrected chi connectivity index (χ4v) is 2.71. The molecule has 2 amide bonds. The van der Waals surface area contributed by atoms with E-state index in [1.807, 2.05) is 13.8 Å². The first-order valence-corrected chi connectivity index (χ1v) is 7.12. The first kappa shape index (κ1) is 14.3. The van der Waals surface area contributed by atoms with E-state index in [4.69, 9.17) is 0 Å². The Labute approximate surface area is 114 Å². The van der Waals surface area contributed by atoms with Crippen molar-refractivity contribution in [3.63, 3.8) is 0 Å². The summed E-state index contributed by atoms with van der Waals surface area (Å²) in [5, 5.41) is 9.87. The number of hydrogen-bond donors (Lipinski definition) is 1. The quantitative estimate of drug-likeness (QED) is 0.788. The monoisotopic (exact) mass is 268 g/mol. The predicted molar refractivity (Wildman–Crippen MR) is 71.3 cm³/mol. The highest BCUT2D eigenvalue weighted by molar-refractivity contribution is 5.89. The maximum Gasteiger partial charge on any atom is 0.227 e. The van der Waals surface area contributed by atoms with E-state index in [9.17, 15) is 14.7 Å². The number of likely N-dealkylation sites (tertiary alicyclic amines) is 1. The van der Waals surface area contributed by atoms with Crippen LogP contribution in [0.15, 0.2) is 0 Å². The highest BCUT2D eigenvalue weighted by Gasteiger charge is 2.38. The second-order valence-corrected chi connectivity index (χ2v) is 6.16. The Bertz CT molecular complexity index is 366. The molecule has 2 aliphatic rings. The van der Waals surface area contributed by atoms with Gasteiger partial charge in [0.05, 0.1) is 12.0 Å². The normalized spacial score (nSPS) is 25.0. The molecular formula is C14H24N2O3. The lowest BCUT2D eigenvalue weighted by Crippen LogP contribution is -2.40. The lowest BCUT2D eigenvalue weighted by molar-refractivity contribution is -0.136. The van der Waals surface area contributed by atoms with Crippen LogP contribution in [0.1, 0.15) is 33.1 Å². The SMILES string of the molecule is CC(C)N1CC(C(=O)N(C)CC(O)C2CC2)CC1=O. The molecule has 1 saturated carbocycles. The van der Waals surface area contributed by atoms with Crippen LogP contribution in [0.2, 0.25) is 0 Å². The van der Waals surface area contributed by atoms with Gasteiger partial charge in [0.25, 0.3) is 0 Å². The summed E-state index contributed by atoms with van der Waals surface area (Å²) in [6, 6.07) is 0.146.